The van der Waals surface area contributed by atoms with Crippen LogP contribution < -0.4 is 9.80 Å². The molecule has 208 valence electrons. The van der Waals surface area contributed by atoms with Gasteiger partial charge < -0.3 is 4.90 Å². The molecule has 0 aliphatic heterocycles. The summed E-state index contributed by atoms with van der Waals surface area (Å²) in [5.74, 6) is 0.632. The first-order valence-corrected chi connectivity index (χ1v) is 14.4. The number of aromatic nitrogens is 2. The smallest absolute Gasteiger partial charge is 0.234 e. The lowest BCUT2D eigenvalue weighted by Gasteiger charge is -2.32. The molecule has 0 saturated carbocycles. The fraction of sp³-hybridized carbons (Fsp3) is 0.158. The second kappa shape index (κ2) is 11.1. The van der Waals surface area contributed by atoms with Crippen LogP contribution in [-0.4, -0.2) is 9.97 Å². The Morgan fingerprint density at radius 2 is 0.881 bits per heavy atom. The van der Waals surface area contributed by atoms with Gasteiger partial charge in [-0.1, -0.05) is 65.7 Å². The zero-order chi connectivity index (χ0) is 29.4. The predicted octanol–water partition coefficient (Wildman–Crippen LogP) is 10.4. The Morgan fingerprint density at radius 1 is 0.429 bits per heavy atom. The molecule has 6 aromatic rings. The Bertz CT molecular complexity index is 1790. The van der Waals surface area contributed by atoms with Crippen molar-refractivity contribution in [2.45, 2.75) is 41.5 Å². The molecule has 5 aromatic carbocycles. The van der Waals surface area contributed by atoms with Crippen LogP contribution in [0.3, 0.4) is 0 Å². The highest BCUT2D eigenvalue weighted by molar-refractivity contribution is 5.89. The van der Waals surface area contributed by atoms with Crippen LogP contribution in [-0.2, 0) is 0 Å². The zero-order valence-electron chi connectivity index (χ0n) is 25.2. The van der Waals surface area contributed by atoms with Gasteiger partial charge in [0.05, 0.1) is 11.4 Å². The summed E-state index contributed by atoms with van der Waals surface area (Å²) in [7, 11) is 0. The van der Waals surface area contributed by atoms with Crippen molar-refractivity contribution in [2.24, 2.45) is 0 Å². The highest BCUT2D eigenvalue weighted by atomic mass is 15.3. The van der Waals surface area contributed by atoms with Gasteiger partial charge in [-0.3, -0.25) is 4.90 Å². The minimum atomic E-state index is 0.632. The van der Waals surface area contributed by atoms with E-state index in [-0.39, 0.29) is 0 Å². The molecule has 0 radical (unpaired) electrons. The van der Waals surface area contributed by atoms with Crippen molar-refractivity contribution in [3.05, 3.63) is 143 Å². The van der Waals surface area contributed by atoms with Crippen LogP contribution in [0, 0.1) is 41.5 Å². The van der Waals surface area contributed by atoms with Crippen molar-refractivity contribution in [2.75, 3.05) is 9.80 Å². The van der Waals surface area contributed by atoms with E-state index in [9.17, 15) is 0 Å². The zero-order valence-corrected chi connectivity index (χ0v) is 25.2. The summed E-state index contributed by atoms with van der Waals surface area (Å²) in [5.41, 5.74) is 13.1. The molecule has 0 N–H and O–H groups in total. The van der Waals surface area contributed by atoms with E-state index >= 15 is 0 Å². The van der Waals surface area contributed by atoms with Gasteiger partial charge in [-0.15, -0.1) is 0 Å². The van der Waals surface area contributed by atoms with Gasteiger partial charge in [0.15, 0.2) is 0 Å². The van der Waals surface area contributed by atoms with Crippen LogP contribution >= 0.6 is 0 Å². The van der Waals surface area contributed by atoms with Crippen LogP contribution in [0.25, 0.3) is 10.8 Å². The molecule has 0 aliphatic rings. The third kappa shape index (κ3) is 5.12. The van der Waals surface area contributed by atoms with Crippen molar-refractivity contribution >= 4 is 45.2 Å². The third-order valence-electron chi connectivity index (χ3n) is 7.83. The highest BCUT2D eigenvalue weighted by Crippen LogP contribution is 2.43. The average Bonchev–Trinajstić information content (AvgIpc) is 2.96. The normalized spacial score (nSPS) is 11.1. The van der Waals surface area contributed by atoms with Crippen LogP contribution in [0.4, 0.5) is 34.4 Å². The van der Waals surface area contributed by atoms with Crippen molar-refractivity contribution in [3.63, 3.8) is 0 Å². The monoisotopic (exact) mass is 548 g/mol. The van der Waals surface area contributed by atoms with Gasteiger partial charge in [0.1, 0.15) is 0 Å². The van der Waals surface area contributed by atoms with Crippen molar-refractivity contribution in [1.29, 1.82) is 0 Å². The molecular weight excluding hydrogens is 512 g/mol. The Hall–Kier alpha value is -4.96. The van der Waals surface area contributed by atoms with Crippen LogP contribution in [0.15, 0.2) is 109 Å². The number of hydrogen-bond donors (Lipinski definition) is 0. The van der Waals surface area contributed by atoms with E-state index in [4.69, 9.17) is 0 Å². The molecule has 0 fully saturated rings. The second-order valence-corrected chi connectivity index (χ2v) is 11.3. The number of benzene rings is 5. The molecule has 1 heterocycles. The summed E-state index contributed by atoms with van der Waals surface area (Å²) in [6, 6.07) is 34.6. The molecule has 4 heteroatoms. The van der Waals surface area contributed by atoms with E-state index < -0.39 is 0 Å². The number of aryl methyl sites for hydroxylation is 6. The maximum absolute atomic E-state index is 4.63. The fourth-order valence-corrected chi connectivity index (χ4v) is 6.27. The summed E-state index contributed by atoms with van der Waals surface area (Å²) < 4.78 is 0. The molecule has 0 bridgehead atoms. The van der Waals surface area contributed by atoms with Crippen molar-refractivity contribution < 1.29 is 0 Å². The molecular formula is C38H36N4. The Morgan fingerprint density at radius 3 is 1.40 bits per heavy atom. The Kier molecular flexibility index (Phi) is 7.22. The molecule has 0 aliphatic carbocycles. The first-order valence-electron chi connectivity index (χ1n) is 14.4. The number of fused-ring (bicyclic) bond motifs is 1. The van der Waals surface area contributed by atoms with Gasteiger partial charge in [-0.25, -0.2) is 9.97 Å². The first kappa shape index (κ1) is 27.2. The quantitative estimate of drug-likeness (QED) is 0.207. The van der Waals surface area contributed by atoms with Gasteiger partial charge in [-0.05, 0) is 117 Å². The Balaban J connectivity index is 1.51. The van der Waals surface area contributed by atoms with E-state index in [0.29, 0.717) is 5.95 Å². The number of anilines is 6. The molecule has 0 saturated heterocycles. The Labute approximate surface area is 248 Å². The maximum Gasteiger partial charge on any atom is 0.234 e. The van der Waals surface area contributed by atoms with Crippen LogP contribution in [0.2, 0.25) is 0 Å². The van der Waals surface area contributed by atoms with Crippen molar-refractivity contribution in [3.8, 4) is 0 Å². The summed E-state index contributed by atoms with van der Waals surface area (Å²) in [6.45, 7) is 13.2. The molecule has 0 amide bonds. The lowest BCUT2D eigenvalue weighted by Crippen LogP contribution is -2.17. The lowest BCUT2D eigenvalue weighted by atomic mass is 9.98. The fourth-order valence-electron chi connectivity index (χ4n) is 6.27. The highest BCUT2D eigenvalue weighted by Gasteiger charge is 2.22. The van der Waals surface area contributed by atoms with Gasteiger partial charge in [0, 0.05) is 29.5 Å². The second-order valence-electron chi connectivity index (χ2n) is 11.3. The number of nitrogens with zero attached hydrogens (tertiary/aromatic N) is 4. The molecule has 4 nitrogen and oxygen atoms in total. The third-order valence-corrected chi connectivity index (χ3v) is 7.83. The van der Waals surface area contributed by atoms with Crippen LogP contribution in [0.5, 0.6) is 0 Å². The first-order chi connectivity index (χ1) is 20.3. The van der Waals surface area contributed by atoms with Gasteiger partial charge in [0.2, 0.25) is 5.95 Å². The minimum Gasteiger partial charge on any atom is -0.309 e. The van der Waals surface area contributed by atoms with Crippen molar-refractivity contribution in [1.82, 2.24) is 9.97 Å². The molecule has 0 spiro atoms. The van der Waals surface area contributed by atoms with E-state index in [1.807, 2.05) is 6.07 Å². The standard InChI is InChI=1S/C38H36N4/c1-25-20-27(3)36(28(4)21-25)42(37-29(5)22-26(2)23-30(37)6)34-16-14-33(15-17-34)41(38-39-18-9-19-40-38)35-13-12-31-10-7-8-11-32(31)24-35/h7-24H,1-6H3. The summed E-state index contributed by atoms with van der Waals surface area (Å²) >= 11 is 0. The average molecular weight is 549 g/mol. The summed E-state index contributed by atoms with van der Waals surface area (Å²) in [5, 5.41) is 2.38. The number of hydrogen-bond acceptors (Lipinski definition) is 4. The van der Waals surface area contributed by atoms with E-state index in [1.54, 1.807) is 12.4 Å². The van der Waals surface area contributed by atoms with Gasteiger partial charge >= 0.3 is 0 Å². The molecule has 0 atom stereocenters. The lowest BCUT2D eigenvalue weighted by molar-refractivity contribution is 1.08. The SMILES string of the molecule is Cc1cc(C)c(N(c2ccc(N(c3ccc4ccccc4c3)c3ncccn3)cc2)c2c(C)cc(C)cc2C)c(C)c1. The number of rotatable bonds is 6. The van der Waals surface area contributed by atoms with E-state index in [1.165, 1.54) is 55.5 Å². The topological polar surface area (TPSA) is 32.3 Å². The minimum absolute atomic E-state index is 0.632. The predicted molar refractivity (Wildman–Crippen MR) is 177 cm³/mol. The van der Waals surface area contributed by atoms with Gasteiger partial charge in [0.25, 0.3) is 0 Å². The molecule has 42 heavy (non-hydrogen) atoms. The van der Waals surface area contributed by atoms with E-state index in [2.05, 4.69) is 152 Å². The summed E-state index contributed by atoms with van der Waals surface area (Å²) in [4.78, 5) is 13.8. The maximum atomic E-state index is 4.63. The molecule has 0 unspecified atom stereocenters. The van der Waals surface area contributed by atoms with Gasteiger partial charge in [-0.2, -0.15) is 0 Å². The largest absolute Gasteiger partial charge is 0.309 e. The van der Waals surface area contributed by atoms with Crippen LogP contribution in [0.1, 0.15) is 33.4 Å². The molecule has 1 aromatic heterocycles. The van der Waals surface area contributed by atoms with E-state index in [0.717, 1.165) is 17.1 Å². The molecule has 6 rings (SSSR count). The summed E-state index contributed by atoms with van der Waals surface area (Å²) in [6.07, 6.45) is 3.58.